The van der Waals surface area contributed by atoms with E-state index in [0.717, 1.165) is 22.8 Å². The molecule has 4 rings (SSSR count). The highest BCUT2D eigenvalue weighted by Gasteiger charge is 2.50. The Labute approximate surface area is 214 Å². The van der Waals surface area contributed by atoms with Gasteiger partial charge >= 0.3 is 0 Å². The lowest BCUT2D eigenvalue weighted by atomic mass is 9.84. The van der Waals surface area contributed by atoms with Crippen LogP contribution in [-0.4, -0.2) is 19.9 Å². The van der Waals surface area contributed by atoms with Crippen LogP contribution in [-0.2, 0) is 26.3 Å². The van der Waals surface area contributed by atoms with E-state index >= 15 is 0 Å². The van der Waals surface area contributed by atoms with E-state index in [-0.39, 0.29) is 22.9 Å². The molecule has 3 atom stereocenters. The van der Waals surface area contributed by atoms with Gasteiger partial charge in [-0.1, -0.05) is 55.4 Å². The molecule has 0 N–H and O–H groups in total. The molecule has 0 aliphatic carbocycles. The van der Waals surface area contributed by atoms with Crippen LogP contribution in [0.1, 0.15) is 130 Å². The van der Waals surface area contributed by atoms with E-state index in [2.05, 4.69) is 82.2 Å². The van der Waals surface area contributed by atoms with Gasteiger partial charge in [-0.3, -0.25) is 0 Å². The van der Waals surface area contributed by atoms with E-state index < -0.39 is 0 Å². The summed E-state index contributed by atoms with van der Waals surface area (Å²) in [6, 6.07) is 0. The van der Waals surface area contributed by atoms with Gasteiger partial charge in [0, 0.05) is 22.5 Å². The standard InChI is InChI=1S/C13H20N2O.C12H18N2O.2C2H6/c1-8(2)13(6)10-9(3)14-7-15-11(10)12(4,5)16-13;1-7(2)12(5)10-8(3)13-6-14-11(10)9(4)15-12;2*1-2/h7-8H,1-6H3;6-7,9H,1-5H3;2*1-2H3. The molecule has 2 aromatic rings. The Balaban J connectivity index is 0.000000307. The summed E-state index contributed by atoms with van der Waals surface area (Å²) in [5.41, 5.74) is 5.71. The summed E-state index contributed by atoms with van der Waals surface area (Å²) in [5.74, 6) is 0.823. The molecule has 35 heavy (non-hydrogen) atoms. The minimum atomic E-state index is -0.317. The minimum absolute atomic E-state index is 0.0779. The van der Waals surface area contributed by atoms with Crippen molar-refractivity contribution >= 4 is 0 Å². The van der Waals surface area contributed by atoms with Crippen molar-refractivity contribution in [2.45, 2.75) is 127 Å². The average molecular weight is 487 g/mol. The van der Waals surface area contributed by atoms with Crippen molar-refractivity contribution < 1.29 is 9.47 Å². The van der Waals surface area contributed by atoms with Crippen molar-refractivity contribution in [1.29, 1.82) is 0 Å². The lowest BCUT2D eigenvalue weighted by Gasteiger charge is -2.32. The summed E-state index contributed by atoms with van der Waals surface area (Å²) < 4.78 is 12.3. The van der Waals surface area contributed by atoms with Gasteiger partial charge in [-0.05, 0) is 60.3 Å². The molecule has 4 heterocycles. The molecule has 3 unspecified atom stereocenters. The van der Waals surface area contributed by atoms with Gasteiger partial charge in [0.2, 0.25) is 0 Å². The van der Waals surface area contributed by atoms with Gasteiger partial charge in [0.25, 0.3) is 0 Å². The Morgan fingerprint density at radius 3 is 1.66 bits per heavy atom. The number of rotatable bonds is 2. The Morgan fingerprint density at radius 1 is 0.714 bits per heavy atom. The van der Waals surface area contributed by atoms with Gasteiger partial charge in [-0.25, -0.2) is 19.9 Å². The van der Waals surface area contributed by atoms with Gasteiger partial charge in [0.05, 0.1) is 28.7 Å². The fourth-order valence-corrected chi connectivity index (χ4v) is 4.88. The van der Waals surface area contributed by atoms with Gasteiger partial charge in [-0.15, -0.1) is 0 Å². The van der Waals surface area contributed by atoms with E-state index in [1.165, 1.54) is 11.1 Å². The summed E-state index contributed by atoms with van der Waals surface area (Å²) in [6.45, 7) is 31.3. The van der Waals surface area contributed by atoms with Crippen LogP contribution in [0.4, 0.5) is 0 Å². The smallest absolute Gasteiger partial charge is 0.116 e. The van der Waals surface area contributed by atoms with Gasteiger partial charge < -0.3 is 9.47 Å². The van der Waals surface area contributed by atoms with E-state index in [4.69, 9.17) is 9.47 Å². The number of hydrogen-bond acceptors (Lipinski definition) is 6. The highest BCUT2D eigenvalue weighted by molar-refractivity contribution is 5.38. The molecule has 2 aromatic heterocycles. The van der Waals surface area contributed by atoms with E-state index in [0.29, 0.717) is 11.8 Å². The van der Waals surface area contributed by atoms with Gasteiger partial charge in [0.1, 0.15) is 18.3 Å². The second-order valence-corrected chi connectivity index (χ2v) is 10.3. The Hall–Kier alpha value is -1.92. The Bertz CT molecular complexity index is 973. The normalized spacial score (nSPS) is 25.5. The molecule has 6 nitrogen and oxygen atoms in total. The van der Waals surface area contributed by atoms with Crippen molar-refractivity contribution in [3.05, 3.63) is 46.6 Å². The van der Waals surface area contributed by atoms with Crippen molar-refractivity contribution in [1.82, 2.24) is 19.9 Å². The summed E-state index contributed by atoms with van der Waals surface area (Å²) in [7, 11) is 0. The zero-order valence-electron chi connectivity index (χ0n) is 25.0. The van der Waals surface area contributed by atoms with E-state index in [1.807, 2.05) is 41.5 Å². The van der Waals surface area contributed by atoms with Crippen LogP contribution in [0.5, 0.6) is 0 Å². The molecule has 6 heteroatoms. The maximum absolute atomic E-state index is 6.25. The molecule has 0 bridgehead atoms. The largest absolute Gasteiger partial charge is 0.361 e. The average Bonchev–Trinajstić information content (AvgIpc) is 3.21. The molecule has 0 aromatic carbocycles. The van der Waals surface area contributed by atoms with Crippen molar-refractivity contribution in [3.8, 4) is 0 Å². The van der Waals surface area contributed by atoms with E-state index in [1.54, 1.807) is 12.7 Å². The second kappa shape index (κ2) is 11.9. The first-order chi connectivity index (χ1) is 16.3. The Kier molecular flexibility index (Phi) is 10.6. The highest BCUT2D eigenvalue weighted by Crippen LogP contribution is 2.50. The maximum atomic E-state index is 6.25. The summed E-state index contributed by atoms with van der Waals surface area (Å²) >= 11 is 0. The third-order valence-corrected chi connectivity index (χ3v) is 7.14. The lowest BCUT2D eigenvalue weighted by Crippen LogP contribution is -2.31. The zero-order chi connectivity index (χ0) is 27.4. The molecule has 0 saturated carbocycles. The number of fused-ring (bicyclic) bond motifs is 2. The number of nitrogens with zero attached hydrogens (tertiary/aromatic N) is 4. The zero-order valence-corrected chi connectivity index (χ0v) is 25.0. The van der Waals surface area contributed by atoms with Crippen LogP contribution in [0.15, 0.2) is 12.7 Å². The van der Waals surface area contributed by atoms with Crippen LogP contribution in [0.25, 0.3) is 0 Å². The van der Waals surface area contributed by atoms with E-state index in [9.17, 15) is 0 Å². The third-order valence-electron chi connectivity index (χ3n) is 7.14. The molecule has 2 aliphatic heterocycles. The van der Waals surface area contributed by atoms with Crippen LogP contribution in [0.3, 0.4) is 0 Å². The summed E-state index contributed by atoms with van der Waals surface area (Å²) in [4.78, 5) is 17.3. The number of ether oxygens (including phenoxy) is 2. The molecule has 2 aliphatic rings. The topological polar surface area (TPSA) is 70.0 Å². The summed E-state index contributed by atoms with van der Waals surface area (Å²) in [6.07, 6.45) is 3.33. The molecule has 0 amide bonds. The predicted molar refractivity (Wildman–Crippen MR) is 144 cm³/mol. The molecular weight excluding hydrogens is 436 g/mol. The molecule has 0 spiro atoms. The van der Waals surface area contributed by atoms with Crippen LogP contribution < -0.4 is 0 Å². The van der Waals surface area contributed by atoms with Crippen molar-refractivity contribution in [2.75, 3.05) is 0 Å². The SMILES string of the molecule is CC.CC.Cc1ncnc2c1C(C)(C(C)C)OC2(C)C.Cc1ncnc2c1C(C)(C(C)C)OC2C. The predicted octanol–water partition coefficient (Wildman–Crippen LogP) is 7.72. The van der Waals surface area contributed by atoms with Crippen molar-refractivity contribution in [2.24, 2.45) is 11.8 Å². The summed E-state index contributed by atoms with van der Waals surface area (Å²) in [5, 5.41) is 0. The second-order valence-electron chi connectivity index (χ2n) is 10.3. The lowest BCUT2D eigenvalue weighted by molar-refractivity contribution is -0.139. The first-order valence-corrected chi connectivity index (χ1v) is 13.3. The number of aryl methyl sites for hydroxylation is 2. The van der Waals surface area contributed by atoms with Crippen molar-refractivity contribution in [3.63, 3.8) is 0 Å². The quantitative estimate of drug-likeness (QED) is 0.433. The van der Waals surface area contributed by atoms with Crippen LogP contribution >= 0.6 is 0 Å². The molecule has 0 saturated heterocycles. The molecule has 198 valence electrons. The highest BCUT2D eigenvalue weighted by atomic mass is 16.5. The van der Waals surface area contributed by atoms with Crippen LogP contribution in [0.2, 0.25) is 0 Å². The third kappa shape index (κ3) is 5.75. The first-order valence-electron chi connectivity index (χ1n) is 13.3. The Morgan fingerprint density at radius 2 is 1.17 bits per heavy atom. The molecule has 0 fully saturated rings. The number of hydrogen-bond donors (Lipinski definition) is 0. The fourth-order valence-electron chi connectivity index (χ4n) is 4.88. The minimum Gasteiger partial charge on any atom is -0.361 e. The number of aromatic nitrogens is 4. The monoisotopic (exact) mass is 486 g/mol. The first kappa shape index (κ1) is 31.1. The van der Waals surface area contributed by atoms with Gasteiger partial charge in [-0.2, -0.15) is 0 Å². The molecular formula is C29H50N4O2. The fraction of sp³-hybridized carbons (Fsp3) is 0.724. The maximum Gasteiger partial charge on any atom is 0.116 e. The molecule has 0 radical (unpaired) electrons. The van der Waals surface area contributed by atoms with Crippen LogP contribution in [0, 0.1) is 25.7 Å². The van der Waals surface area contributed by atoms with Gasteiger partial charge in [0.15, 0.2) is 0 Å².